The maximum absolute atomic E-state index is 14.0. The molecule has 1 N–H and O–H groups in total. The van der Waals surface area contributed by atoms with Gasteiger partial charge >= 0.3 is 0 Å². The van der Waals surface area contributed by atoms with Crippen molar-refractivity contribution in [2.24, 2.45) is 0 Å². The van der Waals surface area contributed by atoms with Crippen LogP contribution in [0.2, 0.25) is 0 Å². The molecule has 1 aliphatic carbocycles. The second kappa shape index (κ2) is 10.5. The van der Waals surface area contributed by atoms with Crippen LogP contribution in [0.4, 0.5) is 11.4 Å². The molecule has 200 valence electrons. The highest BCUT2D eigenvalue weighted by atomic mass is 16.4. The lowest BCUT2D eigenvalue weighted by atomic mass is 9.77. The Morgan fingerprint density at radius 3 is 2.31 bits per heavy atom. The Morgan fingerprint density at radius 1 is 0.949 bits per heavy atom. The number of para-hydroxylation sites is 2. The fraction of sp³-hybridized carbons (Fsp3) is 0.312. The largest absolute Gasteiger partial charge is 0.550 e. The van der Waals surface area contributed by atoms with E-state index in [4.69, 9.17) is 0 Å². The number of hydrogen-bond donors (Lipinski definition) is 1. The molecule has 1 amide bonds. The zero-order chi connectivity index (χ0) is 27.7. The van der Waals surface area contributed by atoms with Crippen LogP contribution >= 0.6 is 0 Å². The number of anilines is 2. The average molecular weight is 523 g/mol. The molecule has 1 aliphatic heterocycles. The number of carboxylic acids is 1. The lowest BCUT2D eigenvalue weighted by molar-refractivity contribution is -0.305. The van der Waals surface area contributed by atoms with Crippen LogP contribution in [-0.4, -0.2) is 22.6 Å². The van der Waals surface area contributed by atoms with Gasteiger partial charge in [-0.3, -0.25) is 19.5 Å². The first-order chi connectivity index (χ1) is 18.6. The Bertz CT molecular complexity index is 1440. The van der Waals surface area contributed by atoms with Crippen molar-refractivity contribution >= 4 is 29.0 Å². The minimum atomic E-state index is -1.29. The van der Waals surface area contributed by atoms with Gasteiger partial charge in [0.15, 0.2) is 5.78 Å². The second-order valence-electron chi connectivity index (χ2n) is 11.3. The SMILES string of the molecule is CC(C)(C)c1ccc(C2CC(=O)C3=C(C2)Nc2ccccc2N(C(=O)CCC(=O)[O-])C3c2ccncc2)cc1. The van der Waals surface area contributed by atoms with Crippen LogP contribution in [-0.2, 0) is 19.8 Å². The zero-order valence-corrected chi connectivity index (χ0v) is 22.4. The summed E-state index contributed by atoms with van der Waals surface area (Å²) >= 11 is 0. The van der Waals surface area contributed by atoms with Gasteiger partial charge in [-0.1, -0.05) is 57.2 Å². The number of fused-ring (bicyclic) bond motifs is 1. The fourth-order valence-corrected chi connectivity index (χ4v) is 5.55. The number of allylic oxidation sites excluding steroid dienone is 1. The van der Waals surface area contributed by atoms with E-state index in [1.807, 2.05) is 24.3 Å². The van der Waals surface area contributed by atoms with Crippen molar-refractivity contribution in [2.75, 3.05) is 10.2 Å². The number of benzene rings is 2. The lowest BCUT2D eigenvalue weighted by Gasteiger charge is -2.35. The molecule has 0 saturated carbocycles. The van der Waals surface area contributed by atoms with E-state index < -0.39 is 24.3 Å². The summed E-state index contributed by atoms with van der Waals surface area (Å²) in [6, 6.07) is 18.8. The van der Waals surface area contributed by atoms with Gasteiger partial charge in [-0.15, -0.1) is 0 Å². The van der Waals surface area contributed by atoms with Gasteiger partial charge in [0.05, 0.1) is 17.4 Å². The Hall–Kier alpha value is -4.26. The van der Waals surface area contributed by atoms with Crippen molar-refractivity contribution in [2.45, 2.75) is 63.8 Å². The summed E-state index contributed by atoms with van der Waals surface area (Å²) in [7, 11) is 0. The van der Waals surface area contributed by atoms with Crippen molar-refractivity contribution in [3.05, 3.63) is 101 Å². The summed E-state index contributed by atoms with van der Waals surface area (Å²) in [5.74, 6) is -1.74. The van der Waals surface area contributed by atoms with Gasteiger partial charge in [0.1, 0.15) is 0 Å². The summed E-state index contributed by atoms with van der Waals surface area (Å²) < 4.78 is 0. The van der Waals surface area contributed by atoms with E-state index in [0.29, 0.717) is 29.8 Å². The first kappa shape index (κ1) is 26.4. The Balaban J connectivity index is 1.62. The molecule has 0 bridgehead atoms. The first-order valence-corrected chi connectivity index (χ1v) is 13.3. The summed E-state index contributed by atoms with van der Waals surface area (Å²) in [4.78, 5) is 44.6. The van der Waals surface area contributed by atoms with Crippen LogP contribution in [0, 0.1) is 0 Å². The summed E-state index contributed by atoms with van der Waals surface area (Å²) in [6.45, 7) is 6.53. The predicted octanol–water partition coefficient (Wildman–Crippen LogP) is 4.81. The van der Waals surface area contributed by atoms with Gasteiger partial charge in [0.2, 0.25) is 5.91 Å². The zero-order valence-electron chi connectivity index (χ0n) is 22.4. The normalized spacial score (nSPS) is 19.1. The molecule has 7 heteroatoms. The minimum absolute atomic E-state index is 0.0108. The quantitative estimate of drug-likeness (QED) is 0.516. The van der Waals surface area contributed by atoms with Crippen molar-refractivity contribution < 1.29 is 19.5 Å². The molecule has 0 radical (unpaired) electrons. The molecule has 1 aromatic heterocycles. The molecule has 2 aliphatic rings. The van der Waals surface area contributed by atoms with Crippen LogP contribution in [0.3, 0.4) is 0 Å². The van der Waals surface area contributed by atoms with Crippen molar-refractivity contribution in [1.29, 1.82) is 0 Å². The Kier molecular flexibility index (Phi) is 7.08. The number of amides is 1. The maximum atomic E-state index is 14.0. The summed E-state index contributed by atoms with van der Waals surface area (Å²) in [5, 5.41) is 14.7. The number of ketones is 1. The van der Waals surface area contributed by atoms with E-state index in [-0.39, 0.29) is 23.5 Å². The van der Waals surface area contributed by atoms with E-state index in [1.54, 1.807) is 29.4 Å². The van der Waals surface area contributed by atoms with Gasteiger partial charge in [0, 0.05) is 42.5 Å². The second-order valence-corrected chi connectivity index (χ2v) is 11.3. The van der Waals surface area contributed by atoms with Crippen LogP contribution in [0.1, 0.15) is 75.1 Å². The van der Waals surface area contributed by atoms with E-state index in [9.17, 15) is 19.5 Å². The molecule has 0 fully saturated rings. The number of carboxylic acid groups (broad SMARTS) is 1. The monoisotopic (exact) mass is 522 g/mol. The Morgan fingerprint density at radius 2 is 1.64 bits per heavy atom. The molecule has 5 rings (SSSR count). The fourth-order valence-electron chi connectivity index (χ4n) is 5.55. The predicted molar refractivity (Wildman–Crippen MR) is 148 cm³/mol. The van der Waals surface area contributed by atoms with Gasteiger partial charge in [-0.05, 0) is 65.1 Å². The number of carbonyl (C=O) groups is 3. The Labute approximate surface area is 228 Å². The maximum Gasteiger partial charge on any atom is 0.228 e. The third kappa shape index (κ3) is 5.35. The smallest absolute Gasteiger partial charge is 0.228 e. The van der Waals surface area contributed by atoms with E-state index >= 15 is 0 Å². The molecule has 2 atom stereocenters. The number of carbonyl (C=O) groups excluding carboxylic acids is 3. The number of nitrogens with one attached hydrogen (secondary N) is 1. The third-order valence-electron chi connectivity index (χ3n) is 7.57. The number of pyridine rings is 1. The topological polar surface area (TPSA) is 102 Å². The van der Waals surface area contributed by atoms with Crippen molar-refractivity contribution in [3.8, 4) is 0 Å². The van der Waals surface area contributed by atoms with Crippen LogP contribution < -0.4 is 15.3 Å². The van der Waals surface area contributed by atoms with E-state index in [2.05, 4.69) is 55.3 Å². The number of aliphatic carboxylic acids is 1. The van der Waals surface area contributed by atoms with Gasteiger partial charge in [0.25, 0.3) is 0 Å². The molecule has 2 heterocycles. The molecule has 7 nitrogen and oxygen atoms in total. The lowest BCUT2D eigenvalue weighted by Crippen LogP contribution is -2.39. The van der Waals surface area contributed by atoms with Crippen molar-refractivity contribution in [1.82, 2.24) is 4.98 Å². The van der Waals surface area contributed by atoms with E-state index in [1.165, 1.54) is 5.56 Å². The van der Waals surface area contributed by atoms with Crippen molar-refractivity contribution in [3.63, 3.8) is 0 Å². The summed E-state index contributed by atoms with van der Waals surface area (Å²) in [6.07, 6.45) is 3.55. The number of rotatable bonds is 5. The van der Waals surface area contributed by atoms with Gasteiger partial charge in [-0.2, -0.15) is 0 Å². The molecule has 2 unspecified atom stereocenters. The number of Topliss-reactive ketones (excluding diaryl/α,β-unsaturated/α-hetero) is 1. The number of nitrogens with zero attached hydrogens (tertiary/aromatic N) is 2. The number of hydrogen-bond acceptors (Lipinski definition) is 6. The molecule has 0 saturated heterocycles. The molecular weight excluding hydrogens is 490 g/mol. The molecule has 39 heavy (non-hydrogen) atoms. The first-order valence-electron chi connectivity index (χ1n) is 13.3. The molecule has 2 aromatic carbocycles. The molecule has 0 spiro atoms. The average Bonchev–Trinajstić information content (AvgIpc) is 3.06. The van der Waals surface area contributed by atoms with Gasteiger partial charge in [-0.25, -0.2) is 0 Å². The van der Waals surface area contributed by atoms with Gasteiger partial charge < -0.3 is 15.2 Å². The highest BCUT2D eigenvalue weighted by Gasteiger charge is 2.41. The minimum Gasteiger partial charge on any atom is -0.550 e. The van der Waals surface area contributed by atoms with E-state index in [0.717, 1.165) is 16.8 Å². The summed E-state index contributed by atoms with van der Waals surface area (Å²) in [5.41, 5.74) is 5.70. The molecule has 3 aromatic rings. The van der Waals surface area contributed by atoms with Crippen LogP contribution in [0.5, 0.6) is 0 Å². The third-order valence-corrected chi connectivity index (χ3v) is 7.57. The molecular formula is C32H32N3O4-. The highest BCUT2D eigenvalue weighted by Crippen LogP contribution is 2.47. The van der Waals surface area contributed by atoms with Crippen LogP contribution in [0.15, 0.2) is 84.3 Å². The number of aromatic nitrogens is 1. The standard InChI is InChI=1S/C32H33N3O4/c1-32(2,3)23-10-8-20(9-11-23)22-18-25-30(27(36)19-22)31(21-14-16-33-17-15-21)35(28(37)12-13-29(38)39)26-7-5-4-6-24(26)34-25/h4-11,14-17,22,31,34H,12-13,18-19H2,1-3H3,(H,38,39)/p-1. The highest BCUT2D eigenvalue weighted by molar-refractivity contribution is 6.06. The van der Waals surface area contributed by atoms with Crippen LogP contribution in [0.25, 0.3) is 0 Å².